The molecule has 1 aliphatic rings. The van der Waals surface area contributed by atoms with Crippen LogP contribution in [0.25, 0.3) is 16.9 Å². The van der Waals surface area contributed by atoms with E-state index in [0.29, 0.717) is 47.5 Å². The molecule has 1 saturated carbocycles. The predicted molar refractivity (Wildman–Crippen MR) is 142 cm³/mol. The molecule has 3 heterocycles. The number of rotatable bonds is 11. The molecular weight excluding hydrogens is 505 g/mol. The molecule has 11 nitrogen and oxygen atoms in total. The lowest BCUT2D eigenvalue weighted by molar-refractivity contribution is -0.125. The largest absolute Gasteiger partial charge is 0.387 e. The minimum atomic E-state index is -1.63. The number of carbonyl (C=O) groups is 2. The predicted octanol–water partition coefficient (Wildman–Crippen LogP) is 1.82. The second-order valence-electron chi connectivity index (χ2n) is 10.4. The molecule has 3 aromatic rings. The normalized spacial score (nSPS) is 17.7. The third-order valence-corrected chi connectivity index (χ3v) is 6.99. The van der Waals surface area contributed by atoms with E-state index in [4.69, 9.17) is 10.5 Å². The maximum Gasteiger partial charge on any atom is 0.252 e. The minimum absolute atomic E-state index is 0.0275. The lowest BCUT2D eigenvalue weighted by atomic mass is 9.78. The topological polar surface area (TPSA) is 159 Å². The number of methoxy groups -OCH3 is 1. The van der Waals surface area contributed by atoms with Crippen molar-refractivity contribution in [3.8, 4) is 17.5 Å². The van der Waals surface area contributed by atoms with Gasteiger partial charge >= 0.3 is 0 Å². The number of aromatic nitrogens is 3. The van der Waals surface area contributed by atoms with Gasteiger partial charge in [0.2, 0.25) is 5.91 Å². The summed E-state index contributed by atoms with van der Waals surface area (Å²) in [5, 5.41) is 26.7. The summed E-state index contributed by atoms with van der Waals surface area (Å²) in [4.78, 5) is 30.4. The van der Waals surface area contributed by atoms with Crippen LogP contribution in [-0.2, 0) is 9.53 Å². The van der Waals surface area contributed by atoms with E-state index in [1.54, 1.807) is 33.7 Å². The van der Waals surface area contributed by atoms with Crippen molar-refractivity contribution in [2.45, 2.75) is 44.5 Å². The molecule has 12 heteroatoms. The summed E-state index contributed by atoms with van der Waals surface area (Å²) < 4.78 is 21.7. The molecular formula is C27H32FN7O4. The van der Waals surface area contributed by atoms with Gasteiger partial charge in [0.15, 0.2) is 0 Å². The second-order valence-corrected chi connectivity index (χ2v) is 10.4. The van der Waals surface area contributed by atoms with Crippen LogP contribution in [0.2, 0.25) is 0 Å². The van der Waals surface area contributed by atoms with Crippen molar-refractivity contribution in [1.82, 2.24) is 19.9 Å². The van der Waals surface area contributed by atoms with Crippen molar-refractivity contribution < 1.29 is 23.8 Å². The number of anilines is 1. The van der Waals surface area contributed by atoms with Gasteiger partial charge in [-0.3, -0.25) is 14.6 Å². The SMILES string of the molecule is COCC(=O)NCC1CC(N(C[C@@H](F)C(C)(C)O)c2cc(-c3ccc4cc(C#N)cnn34)ncc2C(N)=O)C1. The number of nitrogens with two attached hydrogens (primary N) is 1. The van der Waals surface area contributed by atoms with E-state index in [0.717, 1.165) is 0 Å². The molecule has 0 bridgehead atoms. The number of nitrogens with one attached hydrogen (secondary N) is 1. The molecule has 0 unspecified atom stereocenters. The molecule has 2 amide bonds. The molecule has 0 radical (unpaired) electrons. The van der Waals surface area contributed by atoms with E-state index >= 15 is 4.39 Å². The zero-order valence-corrected chi connectivity index (χ0v) is 22.1. The number of amides is 2. The Labute approximate surface area is 225 Å². The summed E-state index contributed by atoms with van der Waals surface area (Å²) in [5.41, 5.74) is 6.79. The average molecular weight is 538 g/mol. The molecule has 206 valence electrons. The van der Waals surface area contributed by atoms with Crippen LogP contribution >= 0.6 is 0 Å². The van der Waals surface area contributed by atoms with Gasteiger partial charge in [-0.25, -0.2) is 8.91 Å². The van der Waals surface area contributed by atoms with Crippen LogP contribution in [-0.4, -0.2) is 76.1 Å². The van der Waals surface area contributed by atoms with E-state index < -0.39 is 17.7 Å². The van der Waals surface area contributed by atoms with Crippen molar-refractivity contribution in [1.29, 1.82) is 5.26 Å². The minimum Gasteiger partial charge on any atom is -0.387 e. The number of hydrogen-bond acceptors (Lipinski definition) is 8. The Morgan fingerprint density at radius 1 is 1.36 bits per heavy atom. The van der Waals surface area contributed by atoms with Gasteiger partial charge in [0.05, 0.1) is 52.1 Å². The number of pyridine rings is 1. The number of alkyl halides is 1. The number of primary amides is 1. The maximum absolute atomic E-state index is 15.3. The Hall–Kier alpha value is -4.08. The van der Waals surface area contributed by atoms with Crippen molar-refractivity contribution in [2.24, 2.45) is 11.7 Å². The fourth-order valence-corrected chi connectivity index (χ4v) is 4.67. The summed E-state index contributed by atoms with van der Waals surface area (Å²) in [7, 11) is 1.45. The first-order chi connectivity index (χ1) is 18.5. The quantitative estimate of drug-likeness (QED) is 0.334. The lowest BCUT2D eigenvalue weighted by Crippen LogP contribution is -2.53. The second kappa shape index (κ2) is 11.3. The summed E-state index contributed by atoms with van der Waals surface area (Å²) in [6.45, 7) is 3.03. The fraction of sp³-hybridized carbons (Fsp3) is 0.444. The molecule has 4 N–H and O–H groups in total. The number of aliphatic hydroxyl groups is 1. The van der Waals surface area contributed by atoms with E-state index in [9.17, 15) is 20.0 Å². The summed E-state index contributed by atoms with van der Waals surface area (Å²) in [6, 6.07) is 8.85. The molecule has 39 heavy (non-hydrogen) atoms. The van der Waals surface area contributed by atoms with Crippen LogP contribution in [0.3, 0.4) is 0 Å². The van der Waals surface area contributed by atoms with Crippen LogP contribution in [0.4, 0.5) is 10.1 Å². The molecule has 1 fully saturated rings. The van der Waals surface area contributed by atoms with Crippen LogP contribution in [0.5, 0.6) is 0 Å². The lowest BCUT2D eigenvalue weighted by Gasteiger charge is -2.46. The Bertz CT molecular complexity index is 1410. The average Bonchev–Trinajstić information content (AvgIpc) is 3.29. The standard InChI is InChI=1S/C27H32FN7O4/c1-27(2,38)24(28)14-34(19-6-16(7-19)11-32-25(36)15-39-3)23-9-21(31-13-20(23)26(30)37)22-5-4-18-8-17(10-29)12-33-35(18)22/h4-5,8-9,12-13,16,19,24,38H,6-7,11,14-15H2,1-3H3,(H2,30,37)(H,32,36)/t16?,19?,24-/m1/s1. The van der Waals surface area contributed by atoms with Gasteiger partial charge in [0.25, 0.3) is 5.91 Å². The third kappa shape index (κ3) is 6.16. The van der Waals surface area contributed by atoms with Gasteiger partial charge in [0.1, 0.15) is 18.8 Å². The summed E-state index contributed by atoms with van der Waals surface area (Å²) in [5.74, 6) is -0.773. The van der Waals surface area contributed by atoms with E-state index in [1.807, 2.05) is 0 Å². The molecule has 1 aliphatic carbocycles. The van der Waals surface area contributed by atoms with Crippen molar-refractivity contribution in [3.05, 3.63) is 47.8 Å². The molecule has 0 saturated heterocycles. The van der Waals surface area contributed by atoms with Crippen LogP contribution in [0, 0.1) is 17.2 Å². The number of halogens is 1. The van der Waals surface area contributed by atoms with Crippen LogP contribution in [0.15, 0.2) is 36.7 Å². The van der Waals surface area contributed by atoms with Crippen molar-refractivity contribution >= 4 is 23.0 Å². The molecule has 0 aromatic carbocycles. The number of nitriles is 1. The zero-order valence-electron chi connectivity index (χ0n) is 22.1. The third-order valence-electron chi connectivity index (χ3n) is 6.99. The van der Waals surface area contributed by atoms with Crippen molar-refractivity contribution in [2.75, 3.05) is 31.7 Å². The highest BCUT2D eigenvalue weighted by Gasteiger charge is 2.39. The summed E-state index contributed by atoms with van der Waals surface area (Å²) in [6.07, 6.45) is 2.44. The molecule has 3 aromatic heterocycles. The monoisotopic (exact) mass is 537 g/mol. The van der Waals surface area contributed by atoms with Crippen LogP contribution in [0.1, 0.15) is 42.6 Å². The molecule has 0 spiro atoms. The molecule has 4 rings (SSSR count). The smallest absolute Gasteiger partial charge is 0.252 e. The van der Waals surface area contributed by atoms with E-state index in [1.165, 1.54) is 33.4 Å². The number of carbonyl (C=O) groups excluding carboxylic acids is 2. The fourth-order valence-electron chi connectivity index (χ4n) is 4.67. The van der Waals surface area contributed by atoms with Gasteiger partial charge in [-0.15, -0.1) is 0 Å². The highest BCUT2D eigenvalue weighted by atomic mass is 19.1. The van der Waals surface area contributed by atoms with E-state index in [2.05, 4.69) is 21.5 Å². The Balaban J connectivity index is 1.68. The van der Waals surface area contributed by atoms with Gasteiger partial charge in [-0.2, -0.15) is 10.4 Å². The van der Waals surface area contributed by atoms with Crippen LogP contribution < -0.4 is 16.0 Å². The Morgan fingerprint density at radius 2 is 2.10 bits per heavy atom. The number of ether oxygens (including phenoxy) is 1. The summed E-state index contributed by atoms with van der Waals surface area (Å²) >= 11 is 0. The Kier molecular flexibility index (Phi) is 8.13. The Morgan fingerprint density at radius 3 is 2.74 bits per heavy atom. The first kappa shape index (κ1) is 27.9. The van der Waals surface area contributed by atoms with E-state index in [-0.39, 0.29) is 36.6 Å². The van der Waals surface area contributed by atoms with Gasteiger partial charge in [-0.05, 0) is 56.9 Å². The van der Waals surface area contributed by atoms with Gasteiger partial charge in [0, 0.05) is 25.9 Å². The van der Waals surface area contributed by atoms with Gasteiger partial charge in [-0.1, -0.05) is 0 Å². The zero-order chi connectivity index (χ0) is 28.3. The highest BCUT2D eigenvalue weighted by Crippen LogP contribution is 2.38. The first-order valence-electron chi connectivity index (χ1n) is 12.6. The number of nitrogens with zero attached hydrogens (tertiary/aromatic N) is 5. The number of fused-ring (bicyclic) bond motifs is 1. The number of hydrogen-bond donors (Lipinski definition) is 3. The van der Waals surface area contributed by atoms with Gasteiger partial charge < -0.3 is 25.8 Å². The highest BCUT2D eigenvalue weighted by molar-refractivity contribution is 5.99. The molecule has 0 aliphatic heterocycles. The first-order valence-corrected chi connectivity index (χ1v) is 12.6. The molecule has 1 atom stereocenters. The van der Waals surface area contributed by atoms with Crippen molar-refractivity contribution in [3.63, 3.8) is 0 Å². The maximum atomic E-state index is 15.3.